The van der Waals surface area contributed by atoms with E-state index in [1.807, 2.05) is 31.2 Å². The molecule has 6 rings (SSSR count). The van der Waals surface area contributed by atoms with Crippen LogP contribution in [-0.2, 0) is 17.6 Å². The summed E-state index contributed by atoms with van der Waals surface area (Å²) in [6.45, 7) is 2.98. The fourth-order valence-electron chi connectivity index (χ4n) is 6.29. The topological polar surface area (TPSA) is 35.9 Å². The SMILES string of the molecule is CC1=NN(c2ccc(Cl)cc2)C(=O)C12Cc1cc(Br)ccc1N1CCC(Cc3ccccc3)CC12. The number of hydrogen-bond acceptors (Lipinski definition) is 3. The minimum absolute atomic E-state index is 0.0679. The summed E-state index contributed by atoms with van der Waals surface area (Å²) in [6.07, 6.45) is 3.79. The average molecular weight is 549 g/mol. The molecule has 178 valence electrons. The van der Waals surface area contributed by atoms with Gasteiger partial charge in [0.2, 0.25) is 0 Å². The van der Waals surface area contributed by atoms with Gasteiger partial charge in [-0.05, 0) is 92.1 Å². The second-order valence-corrected chi connectivity index (χ2v) is 11.3. The van der Waals surface area contributed by atoms with Crippen LogP contribution in [0, 0.1) is 11.3 Å². The van der Waals surface area contributed by atoms with Gasteiger partial charge in [-0.15, -0.1) is 0 Å². The number of anilines is 2. The molecule has 1 fully saturated rings. The zero-order valence-electron chi connectivity index (χ0n) is 19.6. The molecule has 3 atom stereocenters. The number of hydrazone groups is 1. The third kappa shape index (κ3) is 3.80. The number of nitrogens with zero attached hydrogens (tertiary/aromatic N) is 3. The summed E-state index contributed by atoms with van der Waals surface area (Å²) < 4.78 is 1.04. The van der Waals surface area contributed by atoms with Crippen LogP contribution in [0.3, 0.4) is 0 Å². The highest BCUT2D eigenvalue weighted by Gasteiger charge is 2.59. The summed E-state index contributed by atoms with van der Waals surface area (Å²) in [5.41, 5.74) is 4.82. The largest absolute Gasteiger partial charge is 0.367 e. The highest BCUT2D eigenvalue weighted by molar-refractivity contribution is 9.10. The van der Waals surface area contributed by atoms with Crippen LogP contribution in [0.15, 0.2) is 82.4 Å². The van der Waals surface area contributed by atoms with Gasteiger partial charge in [0.25, 0.3) is 5.91 Å². The summed E-state index contributed by atoms with van der Waals surface area (Å²) in [7, 11) is 0. The van der Waals surface area contributed by atoms with Crippen LogP contribution < -0.4 is 9.91 Å². The molecule has 3 heterocycles. The van der Waals surface area contributed by atoms with Crippen molar-refractivity contribution in [3.8, 4) is 0 Å². The molecule has 3 aromatic carbocycles. The molecule has 0 bridgehead atoms. The Labute approximate surface area is 219 Å². The Kier molecular flexibility index (Phi) is 5.73. The fraction of sp³-hybridized carbons (Fsp3) is 0.310. The first-order valence-corrected chi connectivity index (χ1v) is 13.4. The van der Waals surface area contributed by atoms with Gasteiger partial charge in [-0.1, -0.05) is 57.9 Å². The van der Waals surface area contributed by atoms with E-state index in [0.717, 1.165) is 41.7 Å². The Morgan fingerprint density at radius 3 is 2.63 bits per heavy atom. The number of fused-ring (bicyclic) bond motifs is 4. The Bertz CT molecular complexity index is 1310. The first-order valence-electron chi connectivity index (χ1n) is 12.2. The molecule has 3 unspecified atom stereocenters. The lowest BCUT2D eigenvalue weighted by molar-refractivity contribution is -0.125. The number of hydrogen-bond donors (Lipinski definition) is 0. The van der Waals surface area contributed by atoms with E-state index in [-0.39, 0.29) is 11.9 Å². The number of amides is 1. The van der Waals surface area contributed by atoms with Crippen molar-refractivity contribution < 1.29 is 4.79 Å². The highest BCUT2D eigenvalue weighted by Crippen LogP contribution is 2.51. The predicted octanol–water partition coefficient (Wildman–Crippen LogP) is 6.90. The monoisotopic (exact) mass is 547 g/mol. The molecule has 1 saturated heterocycles. The molecule has 0 N–H and O–H groups in total. The summed E-state index contributed by atoms with van der Waals surface area (Å²) in [5.74, 6) is 0.594. The van der Waals surface area contributed by atoms with Gasteiger partial charge in [0.05, 0.1) is 11.4 Å². The third-order valence-electron chi connectivity index (χ3n) is 8.01. The Morgan fingerprint density at radius 1 is 1.09 bits per heavy atom. The normalized spacial score (nSPS) is 25.5. The van der Waals surface area contributed by atoms with E-state index in [0.29, 0.717) is 17.4 Å². The van der Waals surface area contributed by atoms with Crippen molar-refractivity contribution in [1.82, 2.24) is 0 Å². The van der Waals surface area contributed by atoms with Crippen molar-refractivity contribution >= 4 is 50.5 Å². The van der Waals surface area contributed by atoms with Gasteiger partial charge in [-0.2, -0.15) is 10.1 Å². The molecule has 3 aliphatic heterocycles. The van der Waals surface area contributed by atoms with Crippen molar-refractivity contribution in [3.63, 3.8) is 0 Å². The van der Waals surface area contributed by atoms with Crippen molar-refractivity contribution in [1.29, 1.82) is 0 Å². The lowest BCUT2D eigenvalue weighted by Crippen LogP contribution is -2.62. The summed E-state index contributed by atoms with van der Waals surface area (Å²) in [5, 5.41) is 7.11. The quantitative estimate of drug-likeness (QED) is 0.357. The third-order valence-corrected chi connectivity index (χ3v) is 8.75. The smallest absolute Gasteiger partial charge is 0.261 e. The Balaban J connectivity index is 1.41. The van der Waals surface area contributed by atoms with Crippen LogP contribution in [0.1, 0.15) is 30.9 Å². The molecule has 1 spiro atoms. The van der Waals surface area contributed by atoms with Crippen LogP contribution in [0.5, 0.6) is 0 Å². The van der Waals surface area contributed by atoms with E-state index < -0.39 is 5.41 Å². The van der Waals surface area contributed by atoms with Gasteiger partial charge in [-0.25, -0.2) is 0 Å². The van der Waals surface area contributed by atoms with E-state index in [4.69, 9.17) is 16.7 Å². The van der Waals surface area contributed by atoms with E-state index in [1.165, 1.54) is 16.8 Å². The molecule has 0 radical (unpaired) electrons. The first-order chi connectivity index (χ1) is 17.0. The number of carbonyl (C=O) groups excluding carboxylic acids is 1. The van der Waals surface area contributed by atoms with Crippen LogP contribution in [0.4, 0.5) is 11.4 Å². The van der Waals surface area contributed by atoms with Gasteiger partial charge < -0.3 is 4.90 Å². The molecule has 1 amide bonds. The molecule has 0 saturated carbocycles. The predicted molar refractivity (Wildman–Crippen MR) is 146 cm³/mol. The maximum absolute atomic E-state index is 14.3. The first kappa shape index (κ1) is 22.8. The van der Waals surface area contributed by atoms with Crippen LogP contribution in [0.2, 0.25) is 5.02 Å². The maximum atomic E-state index is 14.3. The summed E-state index contributed by atoms with van der Waals surface area (Å²) in [4.78, 5) is 16.8. The van der Waals surface area contributed by atoms with Crippen LogP contribution in [0.25, 0.3) is 0 Å². The van der Waals surface area contributed by atoms with Gasteiger partial charge in [0, 0.05) is 27.8 Å². The lowest BCUT2D eigenvalue weighted by Gasteiger charge is -2.52. The zero-order valence-corrected chi connectivity index (χ0v) is 22.0. The molecular weight excluding hydrogens is 522 g/mol. The number of carbonyl (C=O) groups is 1. The second kappa shape index (κ2) is 8.79. The highest BCUT2D eigenvalue weighted by atomic mass is 79.9. The summed E-state index contributed by atoms with van der Waals surface area (Å²) in [6, 6.07) is 24.7. The van der Waals surface area contributed by atoms with Crippen molar-refractivity contribution in [2.75, 3.05) is 16.5 Å². The van der Waals surface area contributed by atoms with Crippen LogP contribution >= 0.6 is 27.5 Å². The second-order valence-electron chi connectivity index (χ2n) is 9.99. The molecule has 35 heavy (non-hydrogen) atoms. The minimum Gasteiger partial charge on any atom is -0.367 e. The maximum Gasteiger partial charge on any atom is 0.261 e. The Morgan fingerprint density at radius 2 is 1.86 bits per heavy atom. The number of piperidine rings is 1. The van der Waals surface area contributed by atoms with Crippen molar-refractivity contribution in [2.45, 2.75) is 38.6 Å². The zero-order chi connectivity index (χ0) is 24.2. The standard InChI is InChI=1S/C29H27BrClN3O/c1-19-29(28(35)34(32-19)25-10-8-24(31)9-11-25)18-22-17-23(30)7-12-26(22)33-14-13-21(16-27(29)33)15-20-5-3-2-4-6-20/h2-12,17,21,27H,13-16,18H2,1H3. The molecule has 0 aliphatic carbocycles. The molecular formula is C29H27BrClN3O. The lowest BCUT2D eigenvalue weighted by atomic mass is 9.64. The molecule has 6 heteroatoms. The Hall–Kier alpha value is -2.63. The average Bonchev–Trinajstić information content (AvgIpc) is 3.10. The molecule has 0 aromatic heterocycles. The van der Waals surface area contributed by atoms with Gasteiger partial charge in [0.1, 0.15) is 5.41 Å². The van der Waals surface area contributed by atoms with E-state index in [1.54, 1.807) is 5.01 Å². The van der Waals surface area contributed by atoms with Gasteiger partial charge in [-0.3, -0.25) is 4.79 Å². The van der Waals surface area contributed by atoms with Gasteiger partial charge in [0.15, 0.2) is 0 Å². The van der Waals surface area contributed by atoms with Gasteiger partial charge >= 0.3 is 0 Å². The number of rotatable bonds is 3. The summed E-state index contributed by atoms with van der Waals surface area (Å²) >= 11 is 9.77. The molecule has 3 aliphatic rings. The van der Waals surface area contributed by atoms with Crippen molar-refractivity contribution in [3.05, 3.63) is 93.4 Å². The molecule has 4 nitrogen and oxygen atoms in total. The number of benzene rings is 3. The minimum atomic E-state index is -0.678. The van der Waals surface area contributed by atoms with E-state index in [9.17, 15) is 4.79 Å². The number of halogens is 2. The van der Waals surface area contributed by atoms with E-state index in [2.05, 4.69) is 69.4 Å². The fourth-order valence-corrected chi connectivity index (χ4v) is 6.83. The van der Waals surface area contributed by atoms with Crippen molar-refractivity contribution in [2.24, 2.45) is 16.4 Å². The molecule has 3 aromatic rings. The van der Waals surface area contributed by atoms with E-state index >= 15 is 0 Å². The van der Waals surface area contributed by atoms with Crippen LogP contribution in [-0.4, -0.2) is 24.2 Å².